The van der Waals surface area contributed by atoms with Crippen LogP contribution in [0.3, 0.4) is 0 Å². The Morgan fingerprint density at radius 3 is 2.85 bits per heavy atom. The summed E-state index contributed by atoms with van der Waals surface area (Å²) in [6.45, 7) is 0.124. The molecule has 0 fully saturated rings. The van der Waals surface area contributed by atoms with E-state index < -0.39 is 6.09 Å². The summed E-state index contributed by atoms with van der Waals surface area (Å²) in [6.07, 6.45) is 1.76. The molecule has 0 aliphatic rings. The molecule has 0 aromatic carbocycles. The molecule has 70 valence electrons. The Labute approximate surface area is 74.4 Å². The third kappa shape index (κ3) is 2.98. The molecule has 0 radical (unpaired) electrons. The van der Waals surface area contributed by atoms with Crippen molar-refractivity contribution in [1.82, 2.24) is 5.32 Å². The van der Waals surface area contributed by atoms with E-state index in [9.17, 15) is 9.59 Å². The highest BCUT2D eigenvalue weighted by atomic mass is 16.4. The second-order valence-electron chi connectivity index (χ2n) is 2.42. The van der Waals surface area contributed by atoms with Gasteiger partial charge >= 0.3 is 6.09 Å². The number of carbonyl (C=O) groups is 2. The van der Waals surface area contributed by atoms with Gasteiger partial charge in [0, 0.05) is 13.0 Å². The zero-order valence-electron chi connectivity index (χ0n) is 6.82. The molecule has 0 saturated carbocycles. The predicted octanol–water partition coefficient (Wildman–Crippen LogP) is 1.12. The second-order valence-corrected chi connectivity index (χ2v) is 2.42. The fourth-order valence-corrected chi connectivity index (χ4v) is 0.850. The number of carboxylic acid groups (broad SMARTS) is 1. The van der Waals surface area contributed by atoms with Gasteiger partial charge in [0.2, 0.25) is 0 Å². The molecule has 1 heterocycles. The monoisotopic (exact) mass is 183 g/mol. The number of furan rings is 1. The number of amides is 1. The van der Waals surface area contributed by atoms with Crippen molar-refractivity contribution in [2.45, 2.75) is 6.42 Å². The van der Waals surface area contributed by atoms with E-state index in [0.29, 0.717) is 5.56 Å². The Balaban J connectivity index is 2.31. The molecule has 5 nitrogen and oxygen atoms in total. The zero-order valence-corrected chi connectivity index (χ0v) is 6.82. The molecule has 13 heavy (non-hydrogen) atoms. The molecular formula is C8H9NO4. The fraction of sp³-hybridized carbons (Fsp3) is 0.250. The van der Waals surface area contributed by atoms with Crippen molar-refractivity contribution in [3.63, 3.8) is 0 Å². The number of Topliss-reactive ketones (excluding diaryl/α,β-unsaturated/α-hetero) is 1. The van der Waals surface area contributed by atoms with Crippen molar-refractivity contribution >= 4 is 11.9 Å². The fourth-order valence-electron chi connectivity index (χ4n) is 0.850. The molecule has 0 atom stereocenters. The average molecular weight is 183 g/mol. The standard InChI is InChI=1S/C8H9NO4/c10-7(1-3-9-8(11)12)6-2-4-13-5-6/h2,4-5,9H,1,3H2,(H,11,12). The lowest BCUT2D eigenvalue weighted by Crippen LogP contribution is -2.23. The van der Waals surface area contributed by atoms with Crippen molar-refractivity contribution in [2.24, 2.45) is 0 Å². The summed E-state index contributed by atoms with van der Waals surface area (Å²) in [6, 6.07) is 1.54. The van der Waals surface area contributed by atoms with Crippen LogP contribution in [-0.4, -0.2) is 23.5 Å². The lowest BCUT2D eigenvalue weighted by atomic mass is 10.2. The van der Waals surface area contributed by atoms with Crippen molar-refractivity contribution in [1.29, 1.82) is 0 Å². The first kappa shape index (κ1) is 9.31. The molecular weight excluding hydrogens is 174 g/mol. The largest absolute Gasteiger partial charge is 0.472 e. The maximum atomic E-state index is 11.2. The second kappa shape index (κ2) is 4.30. The molecule has 1 aromatic heterocycles. The Hall–Kier alpha value is -1.78. The quantitative estimate of drug-likeness (QED) is 0.685. The minimum absolute atomic E-state index is 0.124. The highest BCUT2D eigenvalue weighted by molar-refractivity contribution is 5.95. The van der Waals surface area contributed by atoms with E-state index in [1.807, 2.05) is 0 Å². The first-order chi connectivity index (χ1) is 6.20. The normalized spacial score (nSPS) is 9.54. The Morgan fingerprint density at radius 1 is 1.54 bits per heavy atom. The molecule has 1 aromatic rings. The van der Waals surface area contributed by atoms with Crippen LogP contribution in [0, 0.1) is 0 Å². The zero-order chi connectivity index (χ0) is 9.68. The van der Waals surface area contributed by atoms with Crippen LogP contribution in [0.25, 0.3) is 0 Å². The van der Waals surface area contributed by atoms with Gasteiger partial charge in [0.05, 0.1) is 11.8 Å². The van der Waals surface area contributed by atoms with Gasteiger partial charge in [-0.2, -0.15) is 0 Å². The van der Waals surface area contributed by atoms with Crippen LogP contribution < -0.4 is 5.32 Å². The SMILES string of the molecule is O=C(O)NCCC(=O)c1ccoc1. The lowest BCUT2D eigenvalue weighted by molar-refractivity contribution is 0.0982. The molecule has 1 amide bonds. The predicted molar refractivity (Wildman–Crippen MR) is 43.7 cm³/mol. The summed E-state index contributed by atoms with van der Waals surface area (Å²) in [5.41, 5.74) is 0.465. The maximum absolute atomic E-state index is 11.2. The van der Waals surface area contributed by atoms with Gasteiger partial charge in [0.25, 0.3) is 0 Å². The number of hydrogen-bond acceptors (Lipinski definition) is 3. The van der Waals surface area contributed by atoms with E-state index in [4.69, 9.17) is 9.52 Å². The Bertz CT molecular complexity index is 291. The van der Waals surface area contributed by atoms with Crippen LogP contribution in [-0.2, 0) is 0 Å². The van der Waals surface area contributed by atoms with E-state index in [-0.39, 0.29) is 18.7 Å². The van der Waals surface area contributed by atoms with Crippen molar-refractivity contribution in [3.8, 4) is 0 Å². The maximum Gasteiger partial charge on any atom is 0.404 e. The summed E-state index contributed by atoms with van der Waals surface area (Å²) < 4.78 is 4.71. The summed E-state index contributed by atoms with van der Waals surface area (Å²) >= 11 is 0. The van der Waals surface area contributed by atoms with E-state index in [0.717, 1.165) is 0 Å². The van der Waals surface area contributed by atoms with E-state index in [2.05, 4.69) is 5.32 Å². The van der Waals surface area contributed by atoms with Gasteiger partial charge in [0.1, 0.15) is 6.26 Å². The molecule has 0 saturated heterocycles. The Morgan fingerprint density at radius 2 is 2.31 bits per heavy atom. The van der Waals surface area contributed by atoms with Gasteiger partial charge in [-0.15, -0.1) is 0 Å². The van der Waals surface area contributed by atoms with Crippen molar-refractivity contribution in [3.05, 3.63) is 24.2 Å². The van der Waals surface area contributed by atoms with E-state index in [1.54, 1.807) is 6.07 Å². The van der Waals surface area contributed by atoms with Crippen molar-refractivity contribution in [2.75, 3.05) is 6.54 Å². The van der Waals surface area contributed by atoms with Crippen LogP contribution in [0.4, 0.5) is 4.79 Å². The highest BCUT2D eigenvalue weighted by Crippen LogP contribution is 2.02. The first-order valence-electron chi connectivity index (χ1n) is 3.72. The smallest absolute Gasteiger partial charge is 0.404 e. The molecule has 1 rings (SSSR count). The van der Waals surface area contributed by atoms with Crippen LogP contribution in [0.5, 0.6) is 0 Å². The van der Waals surface area contributed by atoms with Crippen LogP contribution in [0.15, 0.2) is 23.0 Å². The third-order valence-corrected chi connectivity index (χ3v) is 1.47. The van der Waals surface area contributed by atoms with Gasteiger partial charge in [-0.25, -0.2) is 4.79 Å². The minimum Gasteiger partial charge on any atom is -0.472 e. The molecule has 2 N–H and O–H groups in total. The number of hydrogen-bond donors (Lipinski definition) is 2. The van der Waals surface area contributed by atoms with Gasteiger partial charge in [0.15, 0.2) is 5.78 Å². The third-order valence-electron chi connectivity index (χ3n) is 1.47. The van der Waals surface area contributed by atoms with Crippen LogP contribution >= 0.6 is 0 Å². The average Bonchev–Trinajstić information content (AvgIpc) is 2.55. The summed E-state index contributed by atoms with van der Waals surface area (Å²) in [7, 11) is 0. The minimum atomic E-state index is -1.13. The number of nitrogens with one attached hydrogen (secondary N) is 1. The first-order valence-corrected chi connectivity index (χ1v) is 3.72. The topological polar surface area (TPSA) is 79.5 Å². The van der Waals surface area contributed by atoms with E-state index in [1.165, 1.54) is 12.5 Å². The van der Waals surface area contributed by atoms with Crippen LogP contribution in [0.2, 0.25) is 0 Å². The van der Waals surface area contributed by atoms with Gasteiger partial charge < -0.3 is 14.8 Å². The number of rotatable bonds is 4. The molecule has 5 heteroatoms. The molecule has 0 bridgehead atoms. The van der Waals surface area contributed by atoms with Gasteiger partial charge in [-0.1, -0.05) is 0 Å². The van der Waals surface area contributed by atoms with Crippen LogP contribution in [0.1, 0.15) is 16.8 Å². The summed E-state index contributed by atoms with van der Waals surface area (Å²) in [5, 5.41) is 10.3. The van der Waals surface area contributed by atoms with Gasteiger partial charge in [-0.05, 0) is 6.07 Å². The van der Waals surface area contributed by atoms with E-state index >= 15 is 0 Å². The summed E-state index contributed by atoms with van der Waals surface area (Å²) in [4.78, 5) is 21.2. The molecule has 0 aliphatic heterocycles. The number of carbonyl (C=O) groups excluding carboxylic acids is 1. The lowest BCUT2D eigenvalue weighted by Gasteiger charge is -1.97. The van der Waals surface area contributed by atoms with Gasteiger partial charge in [-0.3, -0.25) is 4.79 Å². The van der Waals surface area contributed by atoms with Crippen molar-refractivity contribution < 1.29 is 19.1 Å². The molecule has 0 spiro atoms. The highest BCUT2D eigenvalue weighted by Gasteiger charge is 2.06. The molecule has 0 unspecified atom stereocenters. The number of ketones is 1. The summed E-state index contributed by atoms with van der Waals surface area (Å²) in [5.74, 6) is -0.137. The molecule has 0 aliphatic carbocycles. The Kier molecular flexibility index (Phi) is 3.08.